The summed E-state index contributed by atoms with van der Waals surface area (Å²) in [5, 5.41) is 9.75. The summed E-state index contributed by atoms with van der Waals surface area (Å²) < 4.78 is 0. The molecule has 0 bridgehead atoms. The second kappa shape index (κ2) is 3.91. The molecule has 0 radical (unpaired) electrons. The maximum Gasteiger partial charge on any atom is 0.192 e. The Morgan fingerprint density at radius 1 is 1.33 bits per heavy atom. The predicted molar refractivity (Wildman–Crippen MR) is 61.1 cm³/mol. The Balaban J connectivity index is 2.52. The molecule has 0 saturated heterocycles. The lowest BCUT2D eigenvalue weighted by molar-refractivity contribution is 0.696. The van der Waals surface area contributed by atoms with Gasteiger partial charge in [-0.2, -0.15) is 5.26 Å². The summed E-state index contributed by atoms with van der Waals surface area (Å²) >= 11 is 1.54. The zero-order valence-corrected chi connectivity index (χ0v) is 9.10. The van der Waals surface area contributed by atoms with E-state index in [0.29, 0.717) is 10.6 Å². The lowest BCUT2D eigenvalue weighted by Crippen LogP contribution is -2.21. The van der Waals surface area contributed by atoms with E-state index < -0.39 is 0 Å². The highest BCUT2D eigenvalue weighted by Crippen LogP contribution is 2.39. The molecule has 4 nitrogen and oxygen atoms in total. The molecule has 78 valence electrons. The van der Waals surface area contributed by atoms with Gasteiger partial charge in [0.15, 0.2) is 5.96 Å². The Morgan fingerprint density at radius 2 is 2.07 bits per heavy atom. The zero-order valence-electron chi connectivity index (χ0n) is 8.29. The van der Waals surface area contributed by atoms with Gasteiger partial charge in [0.05, 0.1) is 5.56 Å². The van der Waals surface area contributed by atoms with E-state index in [1.165, 1.54) is 11.3 Å². The maximum atomic E-state index is 9.08. The maximum absolute atomic E-state index is 9.08. The zero-order chi connectivity index (χ0) is 10.8. The Bertz CT molecular complexity index is 449. The van der Waals surface area contributed by atoms with Gasteiger partial charge < -0.3 is 11.5 Å². The summed E-state index contributed by atoms with van der Waals surface area (Å²) in [5.74, 6) is 0.0186. The van der Waals surface area contributed by atoms with Crippen LogP contribution in [0.4, 0.5) is 5.00 Å². The van der Waals surface area contributed by atoms with Gasteiger partial charge in [-0.1, -0.05) is 0 Å². The molecule has 2 rings (SSSR count). The van der Waals surface area contributed by atoms with E-state index >= 15 is 0 Å². The van der Waals surface area contributed by atoms with Crippen molar-refractivity contribution in [1.29, 1.82) is 5.26 Å². The van der Waals surface area contributed by atoms with Crippen molar-refractivity contribution in [3.63, 3.8) is 0 Å². The number of aryl methyl sites for hydroxylation is 1. The van der Waals surface area contributed by atoms with Crippen molar-refractivity contribution in [3.05, 3.63) is 16.0 Å². The van der Waals surface area contributed by atoms with E-state index in [1.807, 2.05) is 0 Å². The van der Waals surface area contributed by atoms with Crippen LogP contribution in [0.2, 0.25) is 0 Å². The van der Waals surface area contributed by atoms with Gasteiger partial charge in [0.2, 0.25) is 0 Å². The van der Waals surface area contributed by atoms with Crippen LogP contribution in [0, 0.1) is 11.3 Å². The molecule has 5 heteroatoms. The number of hydrogen-bond acceptors (Lipinski definition) is 3. The molecular weight excluding hydrogens is 208 g/mol. The highest BCUT2D eigenvalue weighted by atomic mass is 32.1. The quantitative estimate of drug-likeness (QED) is 0.554. The van der Waals surface area contributed by atoms with Crippen molar-refractivity contribution in [2.24, 2.45) is 16.5 Å². The molecule has 0 unspecified atom stereocenters. The minimum atomic E-state index is 0.0186. The molecule has 0 atom stereocenters. The normalized spacial score (nSPS) is 14.1. The fourth-order valence-electron chi connectivity index (χ4n) is 1.86. The van der Waals surface area contributed by atoms with Gasteiger partial charge in [0.1, 0.15) is 11.1 Å². The standard InChI is InChI=1S/C10H12N4S/c11-5-7-6-3-1-2-4-8(6)15-9(7)14-10(12)13/h1-4H2,(H4,12,13,14). The van der Waals surface area contributed by atoms with Crippen LogP contribution in [0.1, 0.15) is 28.8 Å². The average molecular weight is 220 g/mol. The monoisotopic (exact) mass is 220 g/mol. The molecule has 1 aliphatic rings. The van der Waals surface area contributed by atoms with Gasteiger partial charge in [-0.05, 0) is 31.2 Å². The topological polar surface area (TPSA) is 88.2 Å². The predicted octanol–water partition coefficient (Wildman–Crippen LogP) is 1.40. The van der Waals surface area contributed by atoms with Crippen LogP contribution in [0.25, 0.3) is 0 Å². The van der Waals surface area contributed by atoms with Crippen molar-refractivity contribution < 1.29 is 0 Å². The summed E-state index contributed by atoms with van der Waals surface area (Å²) in [6.45, 7) is 0. The van der Waals surface area contributed by atoms with Crippen molar-refractivity contribution >= 4 is 22.3 Å². The first-order valence-electron chi connectivity index (χ1n) is 4.86. The van der Waals surface area contributed by atoms with Crippen LogP contribution in [-0.4, -0.2) is 5.96 Å². The summed E-state index contributed by atoms with van der Waals surface area (Å²) in [4.78, 5) is 5.28. The highest BCUT2D eigenvalue weighted by Gasteiger charge is 2.20. The first-order chi connectivity index (χ1) is 7.22. The van der Waals surface area contributed by atoms with Crippen molar-refractivity contribution in [2.45, 2.75) is 25.7 Å². The van der Waals surface area contributed by atoms with Crippen LogP contribution >= 0.6 is 11.3 Å². The third-order valence-corrected chi connectivity index (χ3v) is 3.68. The molecule has 0 saturated carbocycles. The third kappa shape index (κ3) is 1.81. The van der Waals surface area contributed by atoms with Crippen LogP contribution in [0.5, 0.6) is 0 Å². The second-order valence-electron chi connectivity index (χ2n) is 3.54. The van der Waals surface area contributed by atoms with E-state index in [4.69, 9.17) is 16.7 Å². The number of hydrogen-bond donors (Lipinski definition) is 2. The van der Waals surface area contributed by atoms with Crippen molar-refractivity contribution in [2.75, 3.05) is 0 Å². The Labute approximate surface area is 92.2 Å². The first kappa shape index (κ1) is 9.99. The highest BCUT2D eigenvalue weighted by molar-refractivity contribution is 7.16. The number of guanidine groups is 1. The first-order valence-corrected chi connectivity index (χ1v) is 5.68. The van der Waals surface area contributed by atoms with Gasteiger partial charge in [0, 0.05) is 4.88 Å². The van der Waals surface area contributed by atoms with Gasteiger partial charge in [0.25, 0.3) is 0 Å². The number of rotatable bonds is 1. The molecule has 0 amide bonds. The van der Waals surface area contributed by atoms with Gasteiger partial charge >= 0.3 is 0 Å². The van der Waals surface area contributed by atoms with Gasteiger partial charge in [-0.3, -0.25) is 0 Å². The molecule has 1 aliphatic carbocycles. The molecule has 0 fully saturated rings. The van der Waals surface area contributed by atoms with E-state index in [-0.39, 0.29) is 5.96 Å². The van der Waals surface area contributed by atoms with Crippen molar-refractivity contribution in [1.82, 2.24) is 0 Å². The number of nitriles is 1. The largest absolute Gasteiger partial charge is 0.370 e. The molecule has 0 aliphatic heterocycles. The molecule has 0 spiro atoms. The van der Waals surface area contributed by atoms with Crippen LogP contribution in [0.3, 0.4) is 0 Å². The summed E-state index contributed by atoms with van der Waals surface area (Å²) in [5.41, 5.74) is 12.5. The molecule has 4 N–H and O–H groups in total. The van der Waals surface area contributed by atoms with Crippen LogP contribution in [-0.2, 0) is 12.8 Å². The van der Waals surface area contributed by atoms with E-state index in [1.54, 1.807) is 11.3 Å². The van der Waals surface area contributed by atoms with Crippen LogP contribution in [0.15, 0.2) is 4.99 Å². The summed E-state index contributed by atoms with van der Waals surface area (Å²) in [6.07, 6.45) is 4.38. The minimum absolute atomic E-state index is 0.0186. The fourth-order valence-corrected chi connectivity index (χ4v) is 3.09. The lowest BCUT2D eigenvalue weighted by atomic mass is 9.96. The lowest BCUT2D eigenvalue weighted by Gasteiger charge is -2.09. The molecule has 1 heterocycles. The smallest absolute Gasteiger partial charge is 0.192 e. The molecular formula is C10H12N4S. The van der Waals surface area contributed by atoms with E-state index in [9.17, 15) is 0 Å². The second-order valence-corrected chi connectivity index (χ2v) is 4.62. The molecule has 0 aromatic carbocycles. The SMILES string of the molecule is N#Cc1c(N=C(N)N)sc2c1CCCC2. The number of fused-ring (bicyclic) bond motifs is 1. The Kier molecular flexibility index (Phi) is 2.60. The van der Waals surface area contributed by atoms with E-state index in [0.717, 1.165) is 24.8 Å². The van der Waals surface area contributed by atoms with Crippen molar-refractivity contribution in [3.8, 4) is 6.07 Å². The number of nitrogens with zero attached hydrogens (tertiary/aromatic N) is 2. The van der Waals surface area contributed by atoms with Crippen LogP contribution < -0.4 is 11.5 Å². The Hall–Kier alpha value is -1.54. The summed E-state index contributed by atoms with van der Waals surface area (Å²) in [7, 11) is 0. The average Bonchev–Trinajstić information content (AvgIpc) is 2.53. The minimum Gasteiger partial charge on any atom is -0.370 e. The fraction of sp³-hybridized carbons (Fsp3) is 0.400. The van der Waals surface area contributed by atoms with E-state index in [2.05, 4.69) is 11.1 Å². The Morgan fingerprint density at radius 3 is 2.73 bits per heavy atom. The molecule has 1 aromatic heterocycles. The number of thiophene rings is 1. The van der Waals surface area contributed by atoms with Gasteiger partial charge in [-0.15, -0.1) is 11.3 Å². The summed E-state index contributed by atoms with van der Waals surface area (Å²) in [6, 6.07) is 2.20. The number of nitrogens with two attached hydrogens (primary N) is 2. The number of aliphatic imine (C=N–C) groups is 1. The van der Waals surface area contributed by atoms with Gasteiger partial charge in [-0.25, -0.2) is 4.99 Å². The third-order valence-electron chi connectivity index (χ3n) is 2.50. The molecule has 1 aromatic rings. The molecule has 15 heavy (non-hydrogen) atoms.